The van der Waals surface area contributed by atoms with Crippen LogP contribution in [0.2, 0.25) is 0 Å². The van der Waals surface area contributed by atoms with E-state index in [-0.39, 0.29) is 6.03 Å². The van der Waals surface area contributed by atoms with Crippen LogP contribution in [0.1, 0.15) is 44.2 Å². The number of likely N-dealkylation sites (N-methyl/N-ethyl adjacent to an activating group) is 1. The molecular formula is C21H34N4O. The molecule has 0 saturated carbocycles. The van der Waals surface area contributed by atoms with Gasteiger partial charge in [0.25, 0.3) is 0 Å². The van der Waals surface area contributed by atoms with Crippen LogP contribution >= 0.6 is 0 Å². The Balaban J connectivity index is 1.54. The first-order chi connectivity index (χ1) is 12.7. The number of nitrogens with one attached hydrogen (secondary N) is 1. The fourth-order valence-corrected chi connectivity index (χ4v) is 4.06. The van der Waals surface area contributed by atoms with Crippen LogP contribution in [0, 0.1) is 0 Å². The number of urea groups is 1. The van der Waals surface area contributed by atoms with Crippen molar-refractivity contribution in [3.8, 4) is 0 Å². The first-order valence-corrected chi connectivity index (χ1v) is 10.2. The molecule has 2 aliphatic heterocycles. The molecule has 2 aliphatic rings. The normalized spacial score (nSPS) is 22.4. The van der Waals surface area contributed by atoms with Gasteiger partial charge in [0, 0.05) is 51.9 Å². The van der Waals surface area contributed by atoms with Crippen molar-refractivity contribution in [1.82, 2.24) is 20.0 Å². The van der Waals surface area contributed by atoms with E-state index in [0.717, 1.165) is 58.7 Å². The number of hydrogen-bond donors (Lipinski definition) is 1. The molecule has 1 atom stereocenters. The van der Waals surface area contributed by atoms with Gasteiger partial charge in [-0.25, -0.2) is 4.79 Å². The first-order valence-electron chi connectivity index (χ1n) is 10.2. The van der Waals surface area contributed by atoms with Gasteiger partial charge in [0.05, 0.1) is 0 Å². The number of carbonyl (C=O) groups is 1. The molecule has 0 bridgehead atoms. The number of piperidine rings is 1. The molecule has 5 nitrogen and oxygen atoms in total. The van der Waals surface area contributed by atoms with Crippen molar-refractivity contribution in [2.75, 3.05) is 39.3 Å². The van der Waals surface area contributed by atoms with Crippen molar-refractivity contribution in [2.45, 2.75) is 52.2 Å². The van der Waals surface area contributed by atoms with Gasteiger partial charge in [-0.3, -0.25) is 4.90 Å². The van der Waals surface area contributed by atoms with Gasteiger partial charge in [0.2, 0.25) is 0 Å². The molecule has 3 rings (SSSR count). The lowest BCUT2D eigenvalue weighted by molar-refractivity contribution is 0.131. The van der Waals surface area contributed by atoms with Crippen LogP contribution in [0.4, 0.5) is 4.79 Å². The number of benzene rings is 1. The van der Waals surface area contributed by atoms with Crippen LogP contribution in [0.25, 0.3) is 0 Å². The number of carbonyl (C=O) groups excluding carboxylic acids is 1. The van der Waals surface area contributed by atoms with E-state index >= 15 is 0 Å². The average molecular weight is 359 g/mol. The number of amides is 2. The van der Waals surface area contributed by atoms with Crippen molar-refractivity contribution in [1.29, 1.82) is 0 Å². The maximum absolute atomic E-state index is 12.6. The molecule has 1 aromatic rings. The van der Waals surface area contributed by atoms with Crippen LogP contribution in [0.15, 0.2) is 24.3 Å². The SMILES string of the molecule is CCN1CCN(Cc2ccccc2CNC(=O)N2CCCCC2C)CC1. The number of hydrogen-bond acceptors (Lipinski definition) is 3. The molecule has 26 heavy (non-hydrogen) atoms. The maximum atomic E-state index is 12.6. The zero-order valence-electron chi connectivity index (χ0n) is 16.4. The minimum atomic E-state index is 0.0866. The van der Waals surface area contributed by atoms with Crippen LogP contribution in [-0.2, 0) is 13.1 Å². The van der Waals surface area contributed by atoms with Crippen molar-refractivity contribution >= 4 is 6.03 Å². The van der Waals surface area contributed by atoms with E-state index in [1.807, 2.05) is 4.90 Å². The summed E-state index contributed by atoms with van der Waals surface area (Å²) in [6, 6.07) is 8.98. The zero-order chi connectivity index (χ0) is 18.4. The highest BCUT2D eigenvalue weighted by molar-refractivity contribution is 5.74. The largest absolute Gasteiger partial charge is 0.334 e. The number of piperazine rings is 1. The summed E-state index contributed by atoms with van der Waals surface area (Å²) in [5, 5.41) is 3.15. The quantitative estimate of drug-likeness (QED) is 0.880. The second-order valence-electron chi connectivity index (χ2n) is 7.68. The molecule has 2 heterocycles. The van der Waals surface area contributed by atoms with E-state index in [2.05, 4.69) is 53.2 Å². The fraction of sp³-hybridized carbons (Fsp3) is 0.667. The smallest absolute Gasteiger partial charge is 0.317 e. The van der Waals surface area contributed by atoms with Crippen molar-refractivity contribution in [2.24, 2.45) is 0 Å². The van der Waals surface area contributed by atoms with E-state index < -0.39 is 0 Å². The van der Waals surface area contributed by atoms with Gasteiger partial charge in [-0.05, 0) is 43.9 Å². The molecular weight excluding hydrogens is 324 g/mol. The van der Waals surface area contributed by atoms with Crippen LogP contribution in [0.3, 0.4) is 0 Å². The summed E-state index contributed by atoms with van der Waals surface area (Å²) in [7, 11) is 0. The van der Waals surface area contributed by atoms with Gasteiger partial charge < -0.3 is 15.1 Å². The lowest BCUT2D eigenvalue weighted by atomic mass is 10.0. The molecule has 2 amide bonds. The first kappa shape index (κ1) is 19.2. The van der Waals surface area contributed by atoms with Gasteiger partial charge >= 0.3 is 6.03 Å². The molecule has 0 spiro atoms. The van der Waals surface area contributed by atoms with E-state index in [9.17, 15) is 4.79 Å². The minimum Gasteiger partial charge on any atom is -0.334 e. The highest BCUT2D eigenvalue weighted by Crippen LogP contribution is 2.17. The van der Waals surface area contributed by atoms with Gasteiger partial charge in [-0.15, -0.1) is 0 Å². The predicted molar refractivity (Wildman–Crippen MR) is 106 cm³/mol. The molecule has 144 valence electrons. The zero-order valence-corrected chi connectivity index (χ0v) is 16.4. The standard InChI is InChI=1S/C21H34N4O/c1-3-23-12-14-24(15-13-23)17-20-10-5-4-9-19(20)16-22-21(26)25-11-7-6-8-18(25)2/h4-5,9-10,18H,3,6-8,11-17H2,1-2H3,(H,22,26). The Hall–Kier alpha value is -1.59. The summed E-state index contributed by atoms with van der Waals surface area (Å²) in [4.78, 5) is 19.6. The lowest BCUT2D eigenvalue weighted by Gasteiger charge is -2.34. The Morgan fingerprint density at radius 1 is 1.04 bits per heavy atom. The number of nitrogens with zero attached hydrogens (tertiary/aromatic N) is 3. The fourth-order valence-electron chi connectivity index (χ4n) is 4.06. The Morgan fingerprint density at radius 3 is 2.42 bits per heavy atom. The summed E-state index contributed by atoms with van der Waals surface area (Å²) in [5.41, 5.74) is 2.58. The van der Waals surface area contributed by atoms with Gasteiger partial charge in [0.1, 0.15) is 0 Å². The molecule has 0 radical (unpaired) electrons. The molecule has 0 aromatic heterocycles. The second-order valence-corrected chi connectivity index (χ2v) is 7.68. The monoisotopic (exact) mass is 358 g/mol. The average Bonchev–Trinajstić information content (AvgIpc) is 2.68. The topological polar surface area (TPSA) is 38.8 Å². The molecule has 0 aliphatic carbocycles. The molecule has 2 fully saturated rings. The number of likely N-dealkylation sites (tertiary alicyclic amines) is 1. The summed E-state index contributed by atoms with van der Waals surface area (Å²) in [6.07, 6.45) is 3.48. The Bertz CT molecular complexity index is 583. The van der Waals surface area contributed by atoms with Gasteiger partial charge in [-0.2, -0.15) is 0 Å². The molecule has 1 aromatic carbocycles. The molecule has 1 unspecified atom stereocenters. The summed E-state index contributed by atoms with van der Waals surface area (Å²) < 4.78 is 0. The van der Waals surface area contributed by atoms with Crippen molar-refractivity contribution < 1.29 is 4.79 Å². The predicted octanol–water partition coefficient (Wildman–Crippen LogP) is 2.91. The summed E-state index contributed by atoms with van der Waals surface area (Å²) >= 11 is 0. The highest BCUT2D eigenvalue weighted by Gasteiger charge is 2.23. The third-order valence-corrected chi connectivity index (χ3v) is 5.92. The van der Waals surface area contributed by atoms with Crippen LogP contribution in [-0.4, -0.2) is 66.0 Å². The van der Waals surface area contributed by atoms with E-state index in [1.54, 1.807) is 0 Å². The highest BCUT2D eigenvalue weighted by atomic mass is 16.2. The van der Waals surface area contributed by atoms with E-state index in [0.29, 0.717) is 12.6 Å². The number of rotatable bonds is 5. The molecule has 5 heteroatoms. The lowest BCUT2D eigenvalue weighted by Crippen LogP contribution is -2.47. The van der Waals surface area contributed by atoms with Crippen molar-refractivity contribution in [3.05, 3.63) is 35.4 Å². The summed E-state index contributed by atoms with van der Waals surface area (Å²) in [5.74, 6) is 0. The Morgan fingerprint density at radius 2 is 1.73 bits per heavy atom. The minimum absolute atomic E-state index is 0.0866. The van der Waals surface area contributed by atoms with Gasteiger partial charge in [0.15, 0.2) is 0 Å². The molecule has 2 saturated heterocycles. The van der Waals surface area contributed by atoms with Crippen LogP contribution < -0.4 is 5.32 Å². The summed E-state index contributed by atoms with van der Waals surface area (Å²) in [6.45, 7) is 12.6. The molecule has 1 N–H and O–H groups in total. The third kappa shape index (κ3) is 4.98. The van der Waals surface area contributed by atoms with Crippen molar-refractivity contribution in [3.63, 3.8) is 0 Å². The van der Waals surface area contributed by atoms with Crippen LogP contribution in [0.5, 0.6) is 0 Å². The van der Waals surface area contributed by atoms with Gasteiger partial charge in [-0.1, -0.05) is 31.2 Å². The Labute approximate surface area is 158 Å². The van der Waals surface area contributed by atoms with E-state index in [1.165, 1.54) is 17.5 Å². The van der Waals surface area contributed by atoms with E-state index in [4.69, 9.17) is 0 Å². The Kier molecular flexibility index (Phi) is 6.92. The third-order valence-electron chi connectivity index (χ3n) is 5.92. The second kappa shape index (κ2) is 9.38. The maximum Gasteiger partial charge on any atom is 0.317 e.